The van der Waals surface area contributed by atoms with Crippen LogP contribution in [0.3, 0.4) is 0 Å². The molecule has 0 bridgehead atoms. The van der Waals surface area contributed by atoms with Crippen molar-refractivity contribution in [3.63, 3.8) is 0 Å². The molecular weight excluding hydrogens is 451 g/mol. The van der Waals surface area contributed by atoms with Crippen LogP contribution >= 0.6 is 0 Å². The molecule has 2 aliphatic heterocycles. The Hall–Kier alpha value is -4.33. The van der Waals surface area contributed by atoms with Gasteiger partial charge in [0.25, 0.3) is 5.91 Å². The van der Waals surface area contributed by atoms with E-state index < -0.39 is 35.3 Å². The maximum absolute atomic E-state index is 13.7. The van der Waals surface area contributed by atoms with Gasteiger partial charge in [-0.3, -0.25) is 19.3 Å². The molecule has 3 aromatic rings. The molecule has 2 atom stereocenters. The van der Waals surface area contributed by atoms with Crippen LogP contribution in [0.4, 0.5) is 10.1 Å². The van der Waals surface area contributed by atoms with Gasteiger partial charge in [-0.1, -0.05) is 12.1 Å². The Kier molecular flexibility index (Phi) is 5.86. The molecule has 0 aromatic heterocycles. The molecule has 1 saturated heterocycles. The Morgan fingerprint density at radius 2 is 1.69 bits per heavy atom. The van der Waals surface area contributed by atoms with Gasteiger partial charge in [-0.15, -0.1) is 0 Å². The lowest BCUT2D eigenvalue weighted by Crippen LogP contribution is -2.30. The van der Waals surface area contributed by atoms with Crippen molar-refractivity contribution in [1.82, 2.24) is 0 Å². The van der Waals surface area contributed by atoms with E-state index in [1.165, 1.54) is 36.3 Å². The SMILES string of the molecule is COc1ccc(C(=O)C2C(=O)C(=O)N(c3ccc(C4=NCCO4)cc3)C2c2ccc(F)cc2)cc1. The van der Waals surface area contributed by atoms with Crippen molar-refractivity contribution in [2.45, 2.75) is 6.04 Å². The highest BCUT2D eigenvalue weighted by Crippen LogP contribution is 2.41. The average molecular weight is 472 g/mol. The number of carbonyl (C=O) groups is 3. The number of aliphatic imine (C=N–C) groups is 1. The summed E-state index contributed by atoms with van der Waals surface area (Å²) in [4.78, 5) is 45.5. The zero-order valence-corrected chi connectivity index (χ0v) is 18.8. The number of hydrogen-bond donors (Lipinski definition) is 0. The predicted molar refractivity (Wildman–Crippen MR) is 126 cm³/mol. The summed E-state index contributed by atoms with van der Waals surface area (Å²) >= 11 is 0. The molecule has 2 aliphatic rings. The number of carbonyl (C=O) groups excluding carboxylic acids is 3. The van der Waals surface area contributed by atoms with Crippen molar-refractivity contribution in [2.75, 3.05) is 25.2 Å². The van der Waals surface area contributed by atoms with Crippen LogP contribution in [0.25, 0.3) is 0 Å². The fourth-order valence-corrected chi connectivity index (χ4v) is 4.42. The van der Waals surface area contributed by atoms with Crippen molar-refractivity contribution >= 4 is 29.1 Å². The first-order chi connectivity index (χ1) is 17.0. The van der Waals surface area contributed by atoms with E-state index in [0.29, 0.717) is 36.0 Å². The van der Waals surface area contributed by atoms with Gasteiger partial charge >= 0.3 is 0 Å². The zero-order valence-electron chi connectivity index (χ0n) is 18.8. The van der Waals surface area contributed by atoms with Crippen LogP contribution in [-0.4, -0.2) is 43.6 Å². The second-order valence-corrected chi connectivity index (χ2v) is 8.19. The topological polar surface area (TPSA) is 85.3 Å². The van der Waals surface area contributed by atoms with Crippen molar-refractivity contribution in [3.05, 3.63) is 95.3 Å². The number of nitrogens with zero attached hydrogens (tertiary/aromatic N) is 2. The molecule has 1 fully saturated rings. The van der Waals surface area contributed by atoms with Gasteiger partial charge in [0.05, 0.1) is 19.7 Å². The molecule has 0 spiro atoms. The molecule has 176 valence electrons. The van der Waals surface area contributed by atoms with Gasteiger partial charge in [-0.2, -0.15) is 0 Å². The quantitative estimate of drug-likeness (QED) is 0.310. The van der Waals surface area contributed by atoms with Crippen LogP contribution in [-0.2, 0) is 14.3 Å². The summed E-state index contributed by atoms with van der Waals surface area (Å²) < 4.78 is 24.3. The molecule has 1 amide bonds. The third-order valence-corrected chi connectivity index (χ3v) is 6.15. The van der Waals surface area contributed by atoms with Gasteiger partial charge < -0.3 is 9.47 Å². The maximum Gasteiger partial charge on any atom is 0.295 e. The van der Waals surface area contributed by atoms with Gasteiger partial charge in [0, 0.05) is 16.8 Å². The Morgan fingerprint density at radius 3 is 2.29 bits per heavy atom. The van der Waals surface area contributed by atoms with Gasteiger partial charge in [0.15, 0.2) is 5.78 Å². The van der Waals surface area contributed by atoms with Crippen molar-refractivity contribution in [3.8, 4) is 5.75 Å². The van der Waals surface area contributed by atoms with E-state index in [-0.39, 0.29) is 5.56 Å². The van der Waals surface area contributed by atoms with Gasteiger partial charge in [-0.25, -0.2) is 9.38 Å². The van der Waals surface area contributed by atoms with Crippen LogP contribution in [0.15, 0.2) is 77.8 Å². The number of halogens is 1. The molecule has 0 aliphatic carbocycles. The molecule has 0 N–H and O–H groups in total. The molecule has 5 rings (SSSR count). The lowest BCUT2D eigenvalue weighted by Gasteiger charge is -2.27. The smallest absolute Gasteiger partial charge is 0.295 e. The third-order valence-electron chi connectivity index (χ3n) is 6.15. The molecule has 2 unspecified atom stereocenters. The fourth-order valence-electron chi connectivity index (χ4n) is 4.42. The standard InChI is InChI=1S/C27H21FN2O5/c1-34-21-12-6-17(7-13-21)24(31)22-23(16-2-8-19(28)9-3-16)30(27(33)25(22)32)20-10-4-18(5-11-20)26-29-14-15-35-26/h2-13,22-23H,14-15H2,1H3. The molecule has 3 aromatic carbocycles. The van der Waals surface area contributed by atoms with E-state index in [4.69, 9.17) is 9.47 Å². The van der Waals surface area contributed by atoms with E-state index in [1.807, 2.05) is 0 Å². The molecule has 7 nitrogen and oxygen atoms in total. The number of ether oxygens (including phenoxy) is 2. The van der Waals surface area contributed by atoms with Gasteiger partial charge in [0.1, 0.15) is 24.1 Å². The number of hydrogen-bond acceptors (Lipinski definition) is 6. The molecule has 2 heterocycles. The summed E-state index contributed by atoms with van der Waals surface area (Å²) in [5.74, 6) is -2.78. The first kappa shape index (κ1) is 22.5. The number of amides is 1. The van der Waals surface area contributed by atoms with Crippen LogP contribution in [0.5, 0.6) is 5.75 Å². The number of benzene rings is 3. The molecule has 0 radical (unpaired) electrons. The highest BCUT2D eigenvalue weighted by atomic mass is 19.1. The van der Waals surface area contributed by atoms with E-state index >= 15 is 0 Å². The summed E-state index contributed by atoms with van der Waals surface area (Å²) in [5, 5.41) is 0. The Balaban J connectivity index is 1.56. The highest BCUT2D eigenvalue weighted by molar-refractivity contribution is 6.49. The third kappa shape index (κ3) is 4.07. The van der Waals surface area contributed by atoms with Crippen LogP contribution in [0.2, 0.25) is 0 Å². The Morgan fingerprint density at radius 1 is 1.00 bits per heavy atom. The average Bonchev–Trinajstić information content (AvgIpc) is 3.52. The highest BCUT2D eigenvalue weighted by Gasteiger charge is 2.52. The van der Waals surface area contributed by atoms with Crippen molar-refractivity contribution < 1.29 is 28.2 Å². The molecule has 0 saturated carbocycles. The minimum Gasteiger partial charge on any atom is -0.497 e. The van der Waals surface area contributed by atoms with Crippen LogP contribution in [0.1, 0.15) is 27.5 Å². The summed E-state index contributed by atoms with van der Waals surface area (Å²) in [5.41, 5.74) is 1.93. The summed E-state index contributed by atoms with van der Waals surface area (Å²) in [6.07, 6.45) is 0. The normalized spacial score (nSPS) is 19.5. The minimum atomic E-state index is -1.29. The summed E-state index contributed by atoms with van der Waals surface area (Å²) in [6.45, 7) is 1.09. The number of Topliss-reactive ketones (excluding diaryl/α,β-unsaturated/α-hetero) is 2. The van der Waals surface area contributed by atoms with Crippen molar-refractivity contribution in [1.29, 1.82) is 0 Å². The summed E-state index contributed by atoms with van der Waals surface area (Å²) in [7, 11) is 1.51. The number of rotatable bonds is 6. The first-order valence-corrected chi connectivity index (χ1v) is 11.1. The molecular formula is C27H21FN2O5. The van der Waals surface area contributed by atoms with Crippen molar-refractivity contribution in [2.24, 2.45) is 10.9 Å². The largest absolute Gasteiger partial charge is 0.497 e. The maximum atomic E-state index is 13.7. The zero-order chi connectivity index (χ0) is 24.5. The van der Waals surface area contributed by atoms with Gasteiger partial charge in [-0.05, 0) is 66.2 Å². The lowest BCUT2D eigenvalue weighted by atomic mass is 9.86. The molecule has 8 heteroatoms. The summed E-state index contributed by atoms with van der Waals surface area (Å²) in [6, 6.07) is 17.7. The predicted octanol–water partition coefficient (Wildman–Crippen LogP) is 3.77. The van der Waals surface area contributed by atoms with Gasteiger partial charge in [0.2, 0.25) is 11.7 Å². The van der Waals surface area contributed by atoms with E-state index in [0.717, 1.165) is 5.56 Å². The number of anilines is 1. The monoisotopic (exact) mass is 472 g/mol. The second kappa shape index (κ2) is 9.13. The van der Waals surface area contributed by atoms with E-state index in [9.17, 15) is 18.8 Å². The Bertz CT molecular complexity index is 1320. The minimum absolute atomic E-state index is 0.276. The second-order valence-electron chi connectivity index (χ2n) is 8.19. The fraction of sp³-hybridized carbons (Fsp3) is 0.185. The molecule has 35 heavy (non-hydrogen) atoms. The van der Waals surface area contributed by atoms with Crippen LogP contribution in [0, 0.1) is 11.7 Å². The Labute approximate surface area is 200 Å². The van der Waals surface area contributed by atoms with E-state index in [1.54, 1.807) is 48.5 Å². The number of methoxy groups -OCH3 is 1. The number of ketones is 2. The van der Waals surface area contributed by atoms with Crippen LogP contribution < -0.4 is 9.64 Å². The van der Waals surface area contributed by atoms with E-state index in [2.05, 4.69) is 4.99 Å². The first-order valence-electron chi connectivity index (χ1n) is 11.1. The lowest BCUT2D eigenvalue weighted by molar-refractivity contribution is -0.135.